The second-order valence-corrected chi connectivity index (χ2v) is 7.49. The fourth-order valence-corrected chi connectivity index (χ4v) is 3.62. The normalized spacial score (nSPS) is 18.3. The molecule has 1 aliphatic heterocycles. The van der Waals surface area contributed by atoms with E-state index in [0.717, 1.165) is 11.1 Å². The first kappa shape index (κ1) is 19.0. The lowest BCUT2D eigenvalue weighted by Gasteiger charge is -2.07. The number of carbonyl (C=O) groups is 1. The molecular weight excluding hydrogens is 362 g/mol. The molecule has 0 aliphatic carbocycles. The molecule has 1 amide bonds. The lowest BCUT2D eigenvalue weighted by atomic mass is 10.0. The van der Waals surface area contributed by atoms with Gasteiger partial charge in [0.15, 0.2) is 16.7 Å². The van der Waals surface area contributed by atoms with E-state index in [-0.39, 0.29) is 16.9 Å². The summed E-state index contributed by atoms with van der Waals surface area (Å²) in [5, 5.41) is 20.7. The Bertz CT molecular complexity index is 925. The zero-order valence-electron chi connectivity index (χ0n) is 15.4. The van der Waals surface area contributed by atoms with Gasteiger partial charge in [-0.2, -0.15) is 5.10 Å². The summed E-state index contributed by atoms with van der Waals surface area (Å²) in [6, 6.07) is 11.1. The Hall–Kier alpha value is -2.80. The van der Waals surface area contributed by atoms with Crippen LogP contribution in [0.1, 0.15) is 22.3 Å². The van der Waals surface area contributed by atoms with Crippen molar-refractivity contribution < 1.29 is 14.6 Å². The highest BCUT2D eigenvalue weighted by Crippen LogP contribution is 2.26. The number of phenols is 1. The van der Waals surface area contributed by atoms with Crippen LogP contribution >= 0.6 is 11.8 Å². The number of nitrogens with zero attached hydrogens (tertiary/aromatic N) is 2. The predicted molar refractivity (Wildman–Crippen MR) is 109 cm³/mol. The van der Waals surface area contributed by atoms with Gasteiger partial charge in [0, 0.05) is 0 Å². The molecule has 1 atom stereocenters. The molecule has 2 aromatic carbocycles. The van der Waals surface area contributed by atoms with Gasteiger partial charge in [-0.15, -0.1) is 5.10 Å². The number of amides is 1. The number of amidine groups is 1. The topological polar surface area (TPSA) is 83.3 Å². The molecular formula is C20H21N3O3S. The number of methoxy groups -OCH3 is 1. The number of benzene rings is 2. The molecule has 1 saturated heterocycles. The first-order valence-electron chi connectivity index (χ1n) is 8.48. The maximum Gasteiger partial charge on any atom is 0.239 e. The Morgan fingerprint density at radius 1 is 1.22 bits per heavy atom. The van der Waals surface area contributed by atoms with Gasteiger partial charge in [0.05, 0.1) is 18.6 Å². The maximum absolute atomic E-state index is 12.2. The summed E-state index contributed by atoms with van der Waals surface area (Å²) < 4.78 is 5.06. The van der Waals surface area contributed by atoms with E-state index in [0.29, 0.717) is 17.3 Å². The molecule has 2 aromatic rings. The first-order valence-corrected chi connectivity index (χ1v) is 9.36. The number of carbonyl (C=O) groups excluding carboxylic acids is 1. The summed E-state index contributed by atoms with van der Waals surface area (Å²) >= 11 is 1.38. The van der Waals surface area contributed by atoms with Gasteiger partial charge in [0.2, 0.25) is 5.91 Å². The van der Waals surface area contributed by atoms with Crippen molar-refractivity contribution in [3.8, 4) is 11.5 Å². The van der Waals surface area contributed by atoms with Crippen molar-refractivity contribution in [3.63, 3.8) is 0 Å². The van der Waals surface area contributed by atoms with Gasteiger partial charge in [-0.1, -0.05) is 30.0 Å². The first-order chi connectivity index (χ1) is 13.0. The molecule has 0 spiro atoms. The van der Waals surface area contributed by atoms with Gasteiger partial charge in [0.25, 0.3) is 0 Å². The maximum atomic E-state index is 12.2. The zero-order chi connectivity index (χ0) is 19.4. The number of aromatic hydroxyl groups is 1. The van der Waals surface area contributed by atoms with Crippen LogP contribution in [0.25, 0.3) is 0 Å². The highest BCUT2D eigenvalue weighted by atomic mass is 32.2. The number of thioether (sulfide) groups is 1. The Morgan fingerprint density at radius 3 is 2.78 bits per heavy atom. The predicted octanol–water partition coefficient (Wildman–Crippen LogP) is 3.18. The fraction of sp³-hybridized carbons (Fsp3) is 0.250. The van der Waals surface area contributed by atoms with Crippen LogP contribution in [0.2, 0.25) is 0 Å². The SMILES string of the molecule is COc1cc(/C=N\N=C2/NC(=O)[C@@H](Cc3ccc(C)c(C)c3)S2)ccc1O. The summed E-state index contributed by atoms with van der Waals surface area (Å²) in [6.45, 7) is 4.14. The second kappa shape index (κ2) is 8.26. The van der Waals surface area contributed by atoms with Crippen LogP contribution < -0.4 is 10.1 Å². The molecule has 27 heavy (non-hydrogen) atoms. The van der Waals surface area contributed by atoms with Gasteiger partial charge in [-0.25, -0.2) is 0 Å². The number of hydrogen-bond acceptors (Lipinski definition) is 6. The van der Waals surface area contributed by atoms with Gasteiger partial charge >= 0.3 is 0 Å². The number of nitrogens with one attached hydrogen (secondary N) is 1. The molecule has 0 unspecified atom stereocenters. The van der Waals surface area contributed by atoms with Gasteiger partial charge in [-0.05, 0) is 60.7 Å². The van der Waals surface area contributed by atoms with Crippen LogP contribution in [-0.4, -0.2) is 34.8 Å². The summed E-state index contributed by atoms with van der Waals surface area (Å²) in [6.07, 6.45) is 2.19. The minimum Gasteiger partial charge on any atom is -0.504 e. The minimum absolute atomic E-state index is 0.0570. The Kier molecular flexibility index (Phi) is 5.81. The third kappa shape index (κ3) is 4.68. The molecule has 140 valence electrons. The van der Waals surface area contributed by atoms with E-state index in [1.807, 2.05) is 0 Å². The van der Waals surface area contributed by atoms with Crippen molar-refractivity contribution in [2.45, 2.75) is 25.5 Å². The van der Waals surface area contributed by atoms with Crippen LogP contribution in [-0.2, 0) is 11.2 Å². The third-order valence-corrected chi connectivity index (χ3v) is 5.40. The van der Waals surface area contributed by atoms with E-state index >= 15 is 0 Å². The fourth-order valence-electron chi connectivity index (χ4n) is 2.65. The van der Waals surface area contributed by atoms with Crippen molar-refractivity contribution in [1.29, 1.82) is 0 Å². The molecule has 1 aliphatic rings. The Labute approximate surface area is 162 Å². The van der Waals surface area contributed by atoms with Gasteiger partial charge < -0.3 is 15.2 Å². The van der Waals surface area contributed by atoms with Crippen LogP contribution in [0.4, 0.5) is 0 Å². The van der Waals surface area contributed by atoms with Crippen molar-refractivity contribution >= 4 is 29.1 Å². The lowest BCUT2D eigenvalue weighted by molar-refractivity contribution is -0.118. The molecule has 1 fully saturated rings. The van der Waals surface area contributed by atoms with Crippen LogP contribution in [0.3, 0.4) is 0 Å². The zero-order valence-corrected chi connectivity index (χ0v) is 16.2. The third-order valence-electron chi connectivity index (χ3n) is 4.33. The van der Waals surface area contributed by atoms with Crippen molar-refractivity contribution in [1.82, 2.24) is 5.32 Å². The average molecular weight is 383 g/mol. The lowest BCUT2D eigenvalue weighted by Crippen LogP contribution is -2.25. The van der Waals surface area contributed by atoms with Gasteiger partial charge in [0.1, 0.15) is 0 Å². The highest BCUT2D eigenvalue weighted by molar-refractivity contribution is 8.15. The van der Waals surface area contributed by atoms with Crippen LogP contribution in [0.15, 0.2) is 46.6 Å². The molecule has 7 heteroatoms. The molecule has 0 bridgehead atoms. The Morgan fingerprint density at radius 2 is 2.04 bits per heavy atom. The average Bonchev–Trinajstić information content (AvgIpc) is 2.99. The summed E-state index contributed by atoms with van der Waals surface area (Å²) in [5.74, 6) is 0.371. The monoisotopic (exact) mass is 383 g/mol. The van der Waals surface area contributed by atoms with Crippen molar-refractivity contribution in [2.24, 2.45) is 10.2 Å². The van der Waals surface area contributed by atoms with Crippen molar-refractivity contribution in [3.05, 3.63) is 58.7 Å². The van der Waals surface area contributed by atoms with Gasteiger partial charge in [-0.3, -0.25) is 4.79 Å². The summed E-state index contributed by atoms with van der Waals surface area (Å²) in [5.41, 5.74) is 4.32. The summed E-state index contributed by atoms with van der Waals surface area (Å²) in [4.78, 5) is 12.2. The highest BCUT2D eigenvalue weighted by Gasteiger charge is 2.30. The number of hydrogen-bond donors (Lipinski definition) is 2. The van der Waals surface area contributed by atoms with E-state index in [1.165, 1.54) is 36.1 Å². The quantitative estimate of drug-likeness (QED) is 0.614. The molecule has 0 saturated carbocycles. The van der Waals surface area contributed by atoms with Crippen LogP contribution in [0.5, 0.6) is 11.5 Å². The minimum atomic E-state index is -0.213. The second-order valence-electron chi connectivity index (χ2n) is 6.30. The van der Waals surface area contributed by atoms with Crippen LogP contribution in [0, 0.1) is 13.8 Å². The summed E-state index contributed by atoms with van der Waals surface area (Å²) in [7, 11) is 1.48. The smallest absolute Gasteiger partial charge is 0.239 e. The number of phenolic OH excluding ortho intramolecular Hbond substituents is 1. The van der Waals surface area contributed by atoms with E-state index in [4.69, 9.17) is 4.74 Å². The Balaban J connectivity index is 1.65. The molecule has 6 nitrogen and oxygen atoms in total. The molecule has 3 rings (SSSR count). The molecule has 0 radical (unpaired) electrons. The largest absolute Gasteiger partial charge is 0.504 e. The van der Waals surface area contributed by atoms with E-state index in [9.17, 15) is 9.90 Å². The molecule has 1 heterocycles. The molecule has 0 aromatic heterocycles. The van der Waals surface area contributed by atoms with E-state index < -0.39 is 0 Å². The van der Waals surface area contributed by atoms with Crippen molar-refractivity contribution in [2.75, 3.05) is 7.11 Å². The molecule has 2 N–H and O–H groups in total. The number of ether oxygens (including phenoxy) is 1. The van der Waals surface area contributed by atoms with E-state index in [2.05, 4.69) is 47.6 Å². The number of rotatable bonds is 5. The van der Waals surface area contributed by atoms with E-state index in [1.54, 1.807) is 18.3 Å². The standard InChI is InChI=1S/C20H21N3O3S/c1-12-4-5-14(8-13(12)2)10-18-19(25)22-20(27-18)23-21-11-15-6-7-16(24)17(9-15)26-3/h4-9,11,18,24H,10H2,1-3H3,(H,22,23,25)/b21-11-/t18-/m1/s1. The number of aryl methyl sites for hydroxylation is 2.